The van der Waals surface area contributed by atoms with Gasteiger partial charge in [-0.3, -0.25) is 4.42 Å². The summed E-state index contributed by atoms with van der Waals surface area (Å²) in [4.78, 5) is 21.4. The van der Waals surface area contributed by atoms with Gasteiger partial charge < -0.3 is 10.2 Å². The number of hydrogen-bond donors (Lipinski definition) is 2. The van der Waals surface area contributed by atoms with E-state index in [2.05, 4.69) is 0 Å². The number of hydrogen-bond acceptors (Lipinski definition) is 3. The van der Waals surface area contributed by atoms with E-state index in [1.807, 2.05) is 0 Å². The van der Waals surface area contributed by atoms with Crippen molar-refractivity contribution in [3.63, 3.8) is 0 Å². The van der Waals surface area contributed by atoms with Gasteiger partial charge in [-0.1, -0.05) is 11.6 Å². The number of rotatable bonds is 2. The highest BCUT2D eigenvalue weighted by Gasteiger charge is 2.35. The van der Waals surface area contributed by atoms with Crippen LogP contribution in [0.2, 0.25) is 0 Å². The van der Waals surface area contributed by atoms with Crippen molar-refractivity contribution in [1.82, 2.24) is 4.42 Å². The van der Waals surface area contributed by atoms with Gasteiger partial charge in [-0.15, -0.1) is 0 Å². The van der Waals surface area contributed by atoms with Crippen LogP contribution in [-0.2, 0) is 9.59 Å². The quantitative estimate of drug-likeness (QED) is 0.701. The summed E-state index contributed by atoms with van der Waals surface area (Å²) in [7, 11) is 0. The maximum Gasteiger partial charge on any atom is 0.335 e. The molecule has 1 aliphatic rings. The molecular formula is C7H5Cl2NO4. The standard InChI is InChI=1S/C7H5Cl2NO4/c8-3-1-2-10(9)5(7(13)14)4(3)6(11)12/h1-2,5H,(H,11,12)(H,13,14). The van der Waals surface area contributed by atoms with Gasteiger partial charge >= 0.3 is 11.9 Å². The minimum Gasteiger partial charge on any atom is -0.479 e. The Balaban J connectivity index is 3.20. The topological polar surface area (TPSA) is 77.8 Å². The summed E-state index contributed by atoms with van der Waals surface area (Å²) < 4.78 is 0.748. The van der Waals surface area contributed by atoms with Gasteiger partial charge in [0, 0.05) is 18.0 Å². The van der Waals surface area contributed by atoms with Crippen LogP contribution in [0.5, 0.6) is 0 Å². The molecule has 0 bridgehead atoms. The van der Waals surface area contributed by atoms with Crippen molar-refractivity contribution in [2.75, 3.05) is 0 Å². The third-order valence-electron chi connectivity index (χ3n) is 1.60. The number of nitrogens with zero attached hydrogens (tertiary/aromatic N) is 1. The van der Waals surface area contributed by atoms with Crippen LogP contribution in [0, 0.1) is 0 Å². The average molecular weight is 238 g/mol. The zero-order valence-electron chi connectivity index (χ0n) is 6.65. The van der Waals surface area contributed by atoms with Crippen molar-refractivity contribution in [3.8, 4) is 0 Å². The predicted octanol–water partition coefficient (Wildman–Crippen LogP) is 1.00. The molecule has 0 saturated carbocycles. The highest BCUT2D eigenvalue weighted by Crippen LogP contribution is 2.26. The first kappa shape index (κ1) is 10.9. The summed E-state index contributed by atoms with van der Waals surface area (Å²) in [5.74, 6) is -2.78. The fourth-order valence-corrected chi connectivity index (χ4v) is 1.49. The van der Waals surface area contributed by atoms with Gasteiger partial charge in [0.15, 0.2) is 6.04 Å². The fourth-order valence-electron chi connectivity index (χ4n) is 1.01. The van der Waals surface area contributed by atoms with E-state index in [9.17, 15) is 9.59 Å². The molecule has 14 heavy (non-hydrogen) atoms. The molecule has 76 valence electrons. The Morgan fingerprint density at radius 2 is 2.00 bits per heavy atom. The van der Waals surface area contributed by atoms with E-state index in [0.29, 0.717) is 0 Å². The zero-order chi connectivity index (χ0) is 10.9. The van der Waals surface area contributed by atoms with E-state index in [-0.39, 0.29) is 5.03 Å². The molecule has 0 radical (unpaired) electrons. The summed E-state index contributed by atoms with van der Waals surface area (Å²) in [5, 5.41) is 17.3. The molecule has 1 unspecified atom stereocenters. The van der Waals surface area contributed by atoms with E-state index in [1.165, 1.54) is 12.3 Å². The predicted molar refractivity (Wildman–Crippen MR) is 48.8 cm³/mol. The molecule has 0 aromatic rings. The average Bonchev–Trinajstić information content (AvgIpc) is 2.07. The first-order chi connectivity index (χ1) is 6.45. The molecule has 0 fully saturated rings. The molecule has 7 heteroatoms. The van der Waals surface area contributed by atoms with Crippen LogP contribution in [0.1, 0.15) is 0 Å². The summed E-state index contributed by atoms with van der Waals surface area (Å²) in [6, 6.07) is -1.47. The van der Waals surface area contributed by atoms with Crippen LogP contribution in [0.4, 0.5) is 0 Å². The number of allylic oxidation sites excluding steroid dienone is 2. The van der Waals surface area contributed by atoms with Crippen molar-refractivity contribution in [3.05, 3.63) is 22.9 Å². The minimum atomic E-state index is -1.47. The molecule has 0 aromatic heterocycles. The molecular weight excluding hydrogens is 233 g/mol. The number of carboxylic acids is 2. The Bertz CT molecular complexity index is 350. The molecule has 0 saturated heterocycles. The van der Waals surface area contributed by atoms with Gasteiger partial charge in [-0.2, -0.15) is 0 Å². The lowest BCUT2D eigenvalue weighted by Crippen LogP contribution is -2.38. The molecule has 1 atom stereocenters. The largest absolute Gasteiger partial charge is 0.479 e. The summed E-state index contributed by atoms with van der Waals surface area (Å²) in [6.45, 7) is 0. The van der Waals surface area contributed by atoms with Crippen LogP contribution in [0.15, 0.2) is 22.9 Å². The van der Waals surface area contributed by atoms with Gasteiger partial charge in [0.05, 0.1) is 10.6 Å². The molecule has 0 aliphatic carbocycles. The highest BCUT2D eigenvalue weighted by molar-refractivity contribution is 6.34. The second-order valence-electron chi connectivity index (χ2n) is 2.47. The van der Waals surface area contributed by atoms with Crippen LogP contribution in [-0.4, -0.2) is 32.6 Å². The zero-order valence-corrected chi connectivity index (χ0v) is 8.16. The van der Waals surface area contributed by atoms with E-state index in [1.54, 1.807) is 0 Å². The molecule has 5 nitrogen and oxygen atoms in total. The number of halogens is 2. The summed E-state index contributed by atoms with van der Waals surface area (Å²) in [6.07, 6.45) is 2.41. The fraction of sp³-hybridized carbons (Fsp3) is 0.143. The van der Waals surface area contributed by atoms with Crippen molar-refractivity contribution in [2.45, 2.75) is 6.04 Å². The van der Waals surface area contributed by atoms with E-state index >= 15 is 0 Å². The molecule has 2 N–H and O–H groups in total. The number of aliphatic carboxylic acids is 2. The van der Waals surface area contributed by atoms with E-state index in [4.69, 9.17) is 33.6 Å². The SMILES string of the molecule is O=C(O)C1=C(Cl)C=CN(Cl)C1C(=O)O. The maximum atomic E-state index is 10.7. The Morgan fingerprint density at radius 3 is 2.36 bits per heavy atom. The second-order valence-corrected chi connectivity index (χ2v) is 3.27. The first-order valence-electron chi connectivity index (χ1n) is 3.43. The molecule has 0 amide bonds. The van der Waals surface area contributed by atoms with E-state index in [0.717, 1.165) is 4.42 Å². The van der Waals surface area contributed by atoms with Gasteiger partial charge in [-0.25, -0.2) is 9.59 Å². The van der Waals surface area contributed by atoms with Crippen molar-refractivity contribution < 1.29 is 19.8 Å². The van der Waals surface area contributed by atoms with Crippen molar-refractivity contribution in [2.24, 2.45) is 0 Å². The van der Waals surface area contributed by atoms with Gasteiger partial charge in [0.1, 0.15) is 0 Å². The third-order valence-corrected chi connectivity index (χ3v) is 2.24. The van der Waals surface area contributed by atoms with Gasteiger partial charge in [0.25, 0.3) is 0 Å². The van der Waals surface area contributed by atoms with E-state index < -0.39 is 23.6 Å². The Labute approximate surface area is 88.9 Å². The van der Waals surface area contributed by atoms with Gasteiger partial charge in [0.2, 0.25) is 0 Å². The number of carbonyl (C=O) groups is 2. The monoisotopic (exact) mass is 237 g/mol. The van der Waals surface area contributed by atoms with Crippen LogP contribution >= 0.6 is 23.4 Å². The van der Waals surface area contributed by atoms with Crippen molar-refractivity contribution >= 4 is 35.3 Å². The number of carboxylic acid groups (broad SMARTS) is 2. The molecule has 1 rings (SSSR count). The molecule has 1 heterocycles. The Hall–Kier alpha value is -1.20. The third kappa shape index (κ3) is 1.83. The lowest BCUT2D eigenvalue weighted by atomic mass is 10.1. The lowest BCUT2D eigenvalue weighted by molar-refractivity contribution is -0.143. The molecule has 0 spiro atoms. The Kier molecular flexibility index (Phi) is 3.03. The van der Waals surface area contributed by atoms with Gasteiger partial charge in [-0.05, 0) is 6.08 Å². The summed E-state index contributed by atoms with van der Waals surface area (Å²) >= 11 is 11.0. The summed E-state index contributed by atoms with van der Waals surface area (Å²) in [5.41, 5.74) is -0.448. The van der Waals surface area contributed by atoms with Crippen LogP contribution < -0.4 is 0 Å². The van der Waals surface area contributed by atoms with Crippen LogP contribution in [0.3, 0.4) is 0 Å². The molecule has 0 aromatic carbocycles. The van der Waals surface area contributed by atoms with Crippen molar-refractivity contribution in [1.29, 1.82) is 0 Å². The minimum absolute atomic E-state index is 0.137. The normalized spacial score (nSPS) is 21.3. The maximum absolute atomic E-state index is 10.7. The molecule has 1 aliphatic heterocycles. The van der Waals surface area contributed by atoms with Crippen LogP contribution in [0.25, 0.3) is 0 Å². The highest BCUT2D eigenvalue weighted by atomic mass is 35.5. The smallest absolute Gasteiger partial charge is 0.335 e. The first-order valence-corrected chi connectivity index (χ1v) is 4.15. The lowest BCUT2D eigenvalue weighted by Gasteiger charge is -2.24. The Morgan fingerprint density at radius 1 is 1.43 bits per heavy atom. The second kappa shape index (κ2) is 3.89.